The van der Waals surface area contributed by atoms with Gasteiger partial charge in [0.15, 0.2) is 11.5 Å². The van der Waals surface area contributed by atoms with Crippen LogP contribution in [0.1, 0.15) is 15.9 Å². The predicted molar refractivity (Wildman–Crippen MR) is 102 cm³/mol. The largest absolute Gasteiger partial charge is 0.496 e. The molecule has 0 aromatic heterocycles. The van der Waals surface area contributed by atoms with E-state index in [2.05, 4.69) is 10.6 Å². The first-order valence-corrected chi connectivity index (χ1v) is 8.47. The van der Waals surface area contributed by atoms with E-state index < -0.39 is 0 Å². The zero-order chi connectivity index (χ0) is 19.6. The first-order valence-electron chi connectivity index (χ1n) is 8.47. The van der Waals surface area contributed by atoms with Crippen LogP contribution in [0.2, 0.25) is 0 Å². The summed E-state index contributed by atoms with van der Waals surface area (Å²) < 4.78 is 15.6. The molecule has 0 heterocycles. The highest BCUT2D eigenvalue weighted by Gasteiger charge is 2.12. The summed E-state index contributed by atoms with van der Waals surface area (Å²) in [5.74, 6) is 1.14. The number of ether oxygens (including phenoxy) is 3. The summed E-state index contributed by atoms with van der Waals surface area (Å²) in [4.78, 5) is 24.1. The van der Waals surface area contributed by atoms with Crippen molar-refractivity contribution in [3.63, 3.8) is 0 Å². The maximum absolute atomic E-state index is 12.2. The van der Waals surface area contributed by atoms with E-state index in [1.807, 2.05) is 18.2 Å². The summed E-state index contributed by atoms with van der Waals surface area (Å²) in [6, 6.07) is 12.5. The third kappa shape index (κ3) is 5.64. The Morgan fingerprint density at radius 2 is 1.56 bits per heavy atom. The van der Waals surface area contributed by atoms with Gasteiger partial charge in [0.2, 0.25) is 5.91 Å². The number of hydrogen-bond donors (Lipinski definition) is 2. The fraction of sp³-hybridized carbons (Fsp3) is 0.300. The second-order valence-electron chi connectivity index (χ2n) is 5.67. The Labute approximate surface area is 158 Å². The number of carbonyl (C=O) groups excluding carboxylic acids is 2. The van der Waals surface area contributed by atoms with E-state index in [1.54, 1.807) is 38.5 Å². The summed E-state index contributed by atoms with van der Waals surface area (Å²) in [6.07, 6.45) is 0.631. The number of para-hydroxylation sites is 1. The fourth-order valence-electron chi connectivity index (χ4n) is 2.53. The molecule has 0 aliphatic heterocycles. The summed E-state index contributed by atoms with van der Waals surface area (Å²) in [5, 5.41) is 5.36. The Bertz CT molecular complexity index is 792. The smallest absolute Gasteiger partial charge is 0.255 e. The third-order valence-electron chi connectivity index (χ3n) is 3.94. The van der Waals surface area contributed by atoms with Crippen LogP contribution in [0.25, 0.3) is 0 Å². The fourth-order valence-corrected chi connectivity index (χ4v) is 2.53. The van der Waals surface area contributed by atoms with Crippen LogP contribution >= 0.6 is 0 Å². The molecule has 2 aromatic carbocycles. The molecular formula is C20H24N2O5. The van der Waals surface area contributed by atoms with Crippen LogP contribution in [0.15, 0.2) is 42.5 Å². The van der Waals surface area contributed by atoms with Crippen molar-refractivity contribution in [3.05, 3.63) is 53.6 Å². The highest BCUT2D eigenvalue weighted by atomic mass is 16.5. The van der Waals surface area contributed by atoms with Crippen LogP contribution in [0.5, 0.6) is 17.2 Å². The minimum Gasteiger partial charge on any atom is -0.496 e. The minimum atomic E-state index is -0.359. The van der Waals surface area contributed by atoms with Crippen LogP contribution in [-0.2, 0) is 11.2 Å². The summed E-state index contributed by atoms with van der Waals surface area (Å²) in [6.45, 7) is 0.335. The van der Waals surface area contributed by atoms with Gasteiger partial charge in [0, 0.05) is 6.54 Å². The maximum atomic E-state index is 12.2. The molecule has 0 fully saturated rings. The summed E-state index contributed by atoms with van der Waals surface area (Å²) in [7, 11) is 4.65. The Hall–Kier alpha value is -3.22. The van der Waals surface area contributed by atoms with Gasteiger partial charge in [-0.2, -0.15) is 0 Å². The van der Waals surface area contributed by atoms with Crippen molar-refractivity contribution in [2.24, 2.45) is 0 Å². The predicted octanol–water partition coefficient (Wildman–Crippen LogP) is 1.80. The molecule has 27 heavy (non-hydrogen) atoms. The molecule has 0 saturated carbocycles. The quantitative estimate of drug-likeness (QED) is 0.701. The SMILES string of the molecule is COc1ccc(CCNC(=O)CNC(=O)c2ccccc2OC)cc1OC. The van der Waals surface area contributed by atoms with Gasteiger partial charge in [0.05, 0.1) is 33.4 Å². The van der Waals surface area contributed by atoms with Crippen molar-refractivity contribution in [3.8, 4) is 17.2 Å². The molecule has 144 valence electrons. The second kappa shape index (κ2) is 10.1. The lowest BCUT2D eigenvalue weighted by molar-refractivity contribution is -0.120. The lowest BCUT2D eigenvalue weighted by Gasteiger charge is -2.11. The number of amides is 2. The van der Waals surface area contributed by atoms with E-state index in [0.29, 0.717) is 35.8 Å². The van der Waals surface area contributed by atoms with Gasteiger partial charge >= 0.3 is 0 Å². The number of hydrogen-bond acceptors (Lipinski definition) is 5. The summed E-state index contributed by atoms with van der Waals surface area (Å²) >= 11 is 0. The van der Waals surface area contributed by atoms with Crippen molar-refractivity contribution in [1.29, 1.82) is 0 Å². The molecule has 0 atom stereocenters. The standard InChI is InChI=1S/C20H24N2O5/c1-25-16-7-5-4-6-15(16)20(24)22-13-19(23)21-11-10-14-8-9-17(26-2)18(12-14)27-3/h4-9,12H,10-11,13H2,1-3H3,(H,21,23)(H,22,24). The van der Waals surface area contributed by atoms with Crippen LogP contribution in [-0.4, -0.2) is 46.2 Å². The van der Waals surface area contributed by atoms with Crippen LogP contribution in [0.3, 0.4) is 0 Å². The van der Waals surface area contributed by atoms with Crippen molar-refractivity contribution < 1.29 is 23.8 Å². The minimum absolute atomic E-state index is 0.108. The van der Waals surface area contributed by atoms with Gasteiger partial charge in [-0.15, -0.1) is 0 Å². The van der Waals surface area contributed by atoms with E-state index in [4.69, 9.17) is 14.2 Å². The molecule has 2 N–H and O–H groups in total. The van der Waals surface area contributed by atoms with Gasteiger partial charge in [-0.3, -0.25) is 9.59 Å². The highest BCUT2D eigenvalue weighted by Crippen LogP contribution is 2.27. The molecule has 2 amide bonds. The Morgan fingerprint density at radius 3 is 2.26 bits per heavy atom. The van der Waals surface area contributed by atoms with Crippen LogP contribution < -0.4 is 24.8 Å². The molecule has 0 unspecified atom stereocenters. The molecule has 7 heteroatoms. The Morgan fingerprint density at radius 1 is 0.852 bits per heavy atom. The number of nitrogens with one attached hydrogen (secondary N) is 2. The first kappa shape index (κ1) is 20.1. The zero-order valence-electron chi connectivity index (χ0n) is 15.7. The Kier molecular flexibility index (Phi) is 7.49. The normalized spacial score (nSPS) is 10.0. The van der Waals surface area contributed by atoms with Crippen molar-refractivity contribution in [2.75, 3.05) is 34.4 Å². The van der Waals surface area contributed by atoms with E-state index in [9.17, 15) is 9.59 Å². The average molecular weight is 372 g/mol. The lowest BCUT2D eigenvalue weighted by atomic mass is 10.1. The molecule has 0 aliphatic carbocycles. The monoisotopic (exact) mass is 372 g/mol. The van der Waals surface area contributed by atoms with E-state index in [0.717, 1.165) is 5.56 Å². The van der Waals surface area contributed by atoms with E-state index >= 15 is 0 Å². The van der Waals surface area contributed by atoms with E-state index in [-0.39, 0.29) is 18.4 Å². The number of rotatable bonds is 9. The molecular weight excluding hydrogens is 348 g/mol. The first-order chi connectivity index (χ1) is 13.1. The number of benzene rings is 2. The Balaban J connectivity index is 1.79. The van der Waals surface area contributed by atoms with Crippen molar-refractivity contribution in [1.82, 2.24) is 10.6 Å². The summed E-state index contributed by atoms with van der Waals surface area (Å²) in [5.41, 5.74) is 1.39. The average Bonchev–Trinajstić information content (AvgIpc) is 2.71. The molecule has 7 nitrogen and oxygen atoms in total. The lowest BCUT2D eigenvalue weighted by Crippen LogP contribution is -2.37. The topological polar surface area (TPSA) is 85.9 Å². The molecule has 2 aromatic rings. The second-order valence-corrected chi connectivity index (χ2v) is 5.67. The molecule has 0 radical (unpaired) electrons. The van der Waals surface area contributed by atoms with Gasteiger partial charge in [0.25, 0.3) is 5.91 Å². The maximum Gasteiger partial charge on any atom is 0.255 e. The van der Waals surface area contributed by atoms with Gasteiger partial charge in [-0.25, -0.2) is 0 Å². The molecule has 0 spiro atoms. The van der Waals surface area contributed by atoms with Gasteiger partial charge < -0.3 is 24.8 Å². The van der Waals surface area contributed by atoms with Gasteiger partial charge in [-0.1, -0.05) is 18.2 Å². The van der Waals surface area contributed by atoms with Crippen LogP contribution in [0, 0.1) is 0 Å². The van der Waals surface area contributed by atoms with Crippen molar-refractivity contribution in [2.45, 2.75) is 6.42 Å². The third-order valence-corrected chi connectivity index (χ3v) is 3.94. The van der Waals surface area contributed by atoms with Gasteiger partial charge in [0.1, 0.15) is 5.75 Å². The van der Waals surface area contributed by atoms with Crippen LogP contribution in [0.4, 0.5) is 0 Å². The number of methoxy groups -OCH3 is 3. The molecule has 0 saturated heterocycles. The highest BCUT2D eigenvalue weighted by molar-refractivity contribution is 5.98. The number of carbonyl (C=O) groups is 2. The molecule has 2 rings (SSSR count). The molecule has 0 aliphatic rings. The zero-order valence-corrected chi connectivity index (χ0v) is 15.7. The van der Waals surface area contributed by atoms with Crippen molar-refractivity contribution >= 4 is 11.8 Å². The van der Waals surface area contributed by atoms with E-state index in [1.165, 1.54) is 7.11 Å². The molecule has 0 bridgehead atoms. The van der Waals surface area contributed by atoms with Gasteiger partial charge in [-0.05, 0) is 36.2 Å².